The summed E-state index contributed by atoms with van der Waals surface area (Å²) in [4.78, 5) is 18.7. The molecule has 0 aliphatic rings. The number of nitrogens with zero attached hydrogens (tertiary/aromatic N) is 1. The summed E-state index contributed by atoms with van der Waals surface area (Å²) in [7, 11) is 0. The van der Waals surface area contributed by atoms with Gasteiger partial charge >= 0.3 is 0 Å². The average molecular weight is 963 g/mol. The first kappa shape index (κ1) is 46.1. The standard InChI is InChI=1S/C36H36NOS.C15H28O2.Ir/c1-20(2)15-29-22(4)38-33-18-25(13-14-28(29)33)30-19-32(37-34-21(3)23(5)39-35(30)34)26-16-24-11-9-10-12-27(24)31(17-26)36(6,7)8;1-7-14(5,8-2)12(16)11-13(17)15(6,9-3)10-4;/h9-14,17-20H,15H2,1-8H3;11,16H,7-10H2,1-6H3;/q-1;;/b;12-11-;. The normalized spacial score (nSPS) is 12.6. The monoisotopic (exact) mass is 963 g/mol. The van der Waals surface area contributed by atoms with Gasteiger partial charge in [0.25, 0.3) is 0 Å². The van der Waals surface area contributed by atoms with Crippen LogP contribution in [-0.4, -0.2) is 15.9 Å². The van der Waals surface area contributed by atoms with Crippen LogP contribution in [0.4, 0.5) is 0 Å². The van der Waals surface area contributed by atoms with E-state index in [1.807, 2.05) is 52.9 Å². The van der Waals surface area contributed by atoms with Gasteiger partial charge in [-0.15, -0.1) is 40.5 Å². The molecule has 3 aromatic heterocycles. The van der Waals surface area contributed by atoms with Gasteiger partial charge in [0.1, 0.15) is 17.1 Å². The van der Waals surface area contributed by atoms with Crippen LogP contribution in [0.3, 0.4) is 0 Å². The number of benzene rings is 3. The molecule has 0 atom stereocenters. The molecule has 307 valence electrons. The van der Waals surface area contributed by atoms with Crippen LogP contribution >= 0.6 is 11.3 Å². The summed E-state index contributed by atoms with van der Waals surface area (Å²) in [5.74, 6) is 1.90. The van der Waals surface area contributed by atoms with Crippen molar-refractivity contribution in [3.63, 3.8) is 0 Å². The number of pyridine rings is 1. The zero-order chi connectivity index (χ0) is 41.3. The third-order valence-corrected chi connectivity index (χ3v) is 13.7. The van der Waals surface area contributed by atoms with Crippen molar-refractivity contribution >= 4 is 49.1 Å². The van der Waals surface area contributed by atoms with Gasteiger partial charge in [-0.1, -0.05) is 124 Å². The van der Waals surface area contributed by atoms with E-state index >= 15 is 0 Å². The van der Waals surface area contributed by atoms with Gasteiger partial charge < -0.3 is 9.52 Å². The molecule has 0 unspecified atom stereocenters. The molecule has 4 nitrogen and oxygen atoms in total. The molecule has 0 saturated heterocycles. The van der Waals surface area contributed by atoms with Crippen LogP contribution in [-0.2, 0) is 36.7 Å². The second kappa shape index (κ2) is 18.1. The van der Waals surface area contributed by atoms with Crippen molar-refractivity contribution < 1.29 is 34.4 Å². The number of hydrogen-bond donors (Lipinski definition) is 1. The minimum atomic E-state index is -0.337. The fraction of sp³-hybridized carbons (Fsp3) is 0.451. The topological polar surface area (TPSA) is 63.3 Å². The maximum absolute atomic E-state index is 12.2. The predicted octanol–water partition coefficient (Wildman–Crippen LogP) is 15.4. The number of thiophene rings is 1. The molecule has 0 fully saturated rings. The van der Waals surface area contributed by atoms with E-state index in [4.69, 9.17) is 9.40 Å². The van der Waals surface area contributed by atoms with E-state index in [1.54, 1.807) is 0 Å². The van der Waals surface area contributed by atoms with E-state index in [2.05, 4.69) is 116 Å². The van der Waals surface area contributed by atoms with E-state index in [-0.39, 0.29) is 47.9 Å². The average Bonchev–Trinajstić information content (AvgIpc) is 3.64. The van der Waals surface area contributed by atoms with Gasteiger partial charge in [-0.25, -0.2) is 0 Å². The molecule has 1 N–H and O–H groups in total. The Morgan fingerprint density at radius 3 is 2.11 bits per heavy atom. The van der Waals surface area contributed by atoms with E-state index in [0.29, 0.717) is 5.92 Å². The summed E-state index contributed by atoms with van der Waals surface area (Å²) in [6, 6.07) is 23.6. The van der Waals surface area contributed by atoms with Crippen LogP contribution in [0.1, 0.15) is 129 Å². The molecular weight excluding hydrogens is 899 g/mol. The Labute approximate surface area is 359 Å². The summed E-state index contributed by atoms with van der Waals surface area (Å²) in [6.45, 7) is 29.9. The number of carbonyl (C=O) groups is 1. The number of aromatic nitrogens is 1. The van der Waals surface area contributed by atoms with Crippen molar-refractivity contribution in [2.75, 3.05) is 0 Å². The predicted molar refractivity (Wildman–Crippen MR) is 241 cm³/mol. The number of allylic oxidation sites excluding steroid dienone is 2. The van der Waals surface area contributed by atoms with Gasteiger partial charge in [-0.05, 0) is 87.0 Å². The number of rotatable bonds is 11. The number of aliphatic hydroxyl groups is 1. The summed E-state index contributed by atoms with van der Waals surface area (Å²) < 4.78 is 7.53. The van der Waals surface area contributed by atoms with Crippen molar-refractivity contribution in [2.24, 2.45) is 16.7 Å². The third-order valence-electron chi connectivity index (χ3n) is 12.5. The van der Waals surface area contributed by atoms with E-state index in [9.17, 15) is 9.90 Å². The molecule has 0 saturated carbocycles. The van der Waals surface area contributed by atoms with Crippen LogP contribution in [0.15, 0.2) is 70.8 Å². The first-order chi connectivity index (χ1) is 26.3. The fourth-order valence-electron chi connectivity index (χ4n) is 7.41. The minimum Gasteiger partial charge on any atom is -0.512 e. The molecule has 57 heavy (non-hydrogen) atoms. The summed E-state index contributed by atoms with van der Waals surface area (Å²) in [5, 5.41) is 13.8. The summed E-state index contributed by atoms with van der Waals surface area (Å²) in [6.07, 6.45) is 5.78. The Balaban J connectivity index is 0.000000341. The van der Waals surface area contributed by atoms with E-state index < -0.39 is 0 Å². The van der Waals surface area contributed by atoms with Gasteiger partial charge in [0.2, 0.25) is 0 Å². The van der Waals surface area contributed by atoms with Crippen molar-refractivity contribution in [2.45, 2.75) is 134 Å². The van der Waals surface area contributed by atoms with Crippen molar-refractivity contribution in [1.82, 2.24) is 4.98 Å². The van der Waals surface area contributed by atoms with Crippen molar-refractivity contribution in [3.8, 4) is 22.4 Å². The van der Waals surface area contributed by atoms with Gasteiger partial charge in [0, 0.05) is 58.5 Å². The number of hydrogen-bond acceptors (Lipinski definition) is 5. The molecule has 6 heteroatoms. The van der Waals surface area contributed by atoms with Crippen molar-refractivity contribution in [3.05, 3.63) is 99.8 Å². The molecule has 0 amide bonds. The fourth-order valence-corrected chi connectivity index (χ4v) is 8.55. The molecule has 6 rings (SSSR count). The van der Waals surface area contributed by atoms with Crippen molar-refractivity contribution in [1.29, 1.82) is 0 Å². The number of furan rings is 1. The zero-order valence-electron chi connectivity index (χ0n) is 36.8. The molecule has 3 aromatic carbocycles. The van der Waals surface area contributed by atoms with Gasteiger partial charge in [-0.2, -0.15) is 0 Å². The molecule has 1 radical (unpaired) electrons. The van der Waals surface area contributed by atoms with Gasteiger partial charge in [0.15, 0.2) is 5.78 Å². The number of carbonyl (C=O) groups excluding carboxylic acids is 1. The molecule has 0 aliphatic carbocycles. The molecular formula is C51H64IrNO3S-. The maximum atomic E-state index is 12.2. The number of aryl methyl sites for hydroxylation is 3. The molecule has 0 spiro atoms. The molecule has 3 heterocycles. The van der Waals surface area contributed by atoms with Crippen LogP contribution in [0.2, 0.25) is 0 Å². The molecule has 6 aromatic rings. The third kappa shape index (κ3) is 9.51. The number of aliphatic hydroxyl groups excluding tert-OH is 1. The largest absolute Gasteiger partial charge is 0.512 e. The van der Waals surface area contributed by atoms with Gasteiger partial charge in [-0.3, -0.25) is 9.78 Å². The second-order valence-corrected chi connectivity index (χ2v) is 19.0. The van der Waals surface area contributed by atoms with Crippen LogP contribution in [0, 0.1) is 43.6 Å². The van der Waals surface area contributed by atoms with E-state index in [0.717, 1.165) is 65.6 Å². The SMILES string of the molecule is CCC(C)(CC)C(=O)/C=C(\O)C(C)(CC)CC.Cc1oc2cc(-c3cc(-c4[c-]c5ccccc5c(C(C)(C)C)c4)nc4c(C)c(C)sc34)ccc2c1CC(C)C.[Ir]. The van der Waals surface area contributed by atoms with Crippen LogP contribution in [0.5, 0.6) is 0 Å². The zero-order valence-corrected chi connectivity index (χ0v) is 40.1. The molecule has 0 bridgehead atoms. The number of ketones is 1. The Kier molecular flexibility index (Phi) is 14.7. The first-order valence-corrected chi connectivity index (χ1v) is 21.5. The molecule has 0 aliphatic heterocycles. The van der Waals surface area contributed by atoms with Crippen LogP contribution < -0.4 is 0 Å². The van der Waals surface area contributed by atoms with E-state index in [1.165, 1.54) is 54.2 Å². The van der Waals surface area contributed by atoms with Crippen LogP contribution in [0.25, 0.3) is 54.3 Å². The smallest absolute Gasteiger partial charge is 0.164 e. The maximum Gasteiger partial charge on any atom is 0.164 e. The second-order valence-electron chi connectivity index (χ2n) is 17.8. The Hall–Kier alpha value is -3.57. The minimum absolute atomic E-state index is 0. The number of fused-ring (bicyclic) bond motifs is 3. The Morgan fingerprint density at radius 2 is 1.51 bits per heavy atom. The first-order valence-electron chi connectivity index (χ1n) is 20.6. The Morgan fingerprint density at radius 1 is 0.877 bits per heavy atom. The Bertz CT molecular complexity index is 2400. The quantitative estimate of drug-likeness (QED) is 0.0798. The summed E-state index contributed by atoms with van der Waals surface area (Å²) >= 11 is 1.83. The summed E-state index contributed by atoms with van der Waals surface area (Å²) in [5.41, 5.74) is 9.72. The van der Waals surface area contributed by atoms with Gasteiger partial charge in [0.05, 0.1) is 10.2 Å².